The molecule has 0 unspecified atom stereocenters. The first-order valence-corrected chi connectivity index (χ1v) is 6.50. The molecule has 0 radical (unpaired) electrons. The lowest BCUT2D eigenvalue weighted by Crippen LogP contribution is -2.13. The van der Waals surface area contributed by atoms with Crippen LogP contribution < -0.4 is 11.1 Å². The summed E-state index contributed by atoms with van der Waals surface area (Å²) in [4.78, 5) is 12.0. The number of nitrogen functional groups attached to an aromatic ring is 1. The van der Waals surface area contributed by atoms with Crippen LogP contribution in [-0.2, 0) is 0 Å². The summed E-state index contributed by atoms with van der Waals surface area (Å²) < 4.78 is 26.7. The highest BCUT2D eigenvalue weighted by atomic mass is 79.9. The molecule has 6 heteroatoms. The van der Waals surface area contributed by atoms with Gasteiger partial charge in [-0.15, -0.1) is 0 Å². The molecule has 104 valence electrons. The van der Waals surface area contributed by atoms with E-state index in [1.54, 1.807) is 19.1 Å². The Kier molecular flexibility index (Phi) is 4.04. The molecule has 20 heavy (non-hydrogen) atoms. The summed E-state index contributed by atoms with van der Waals surface area (Å²) in [6.07, 6.45) is 0. The molecule has 0 bridgehead atoms. The Hall–Kier alpha value is -1.95. The first-order valence-electron chi connectivity index (χ1n) is 5.70. The highest BCUT2D eigenvalue weighted by Crippen LogP contribution is 2.24. The number of benzene rings is 2. The van der Waals surface area contributed by atoms with Crippen LogP contribution in [0.5, 0.6) is 0 Å². The van der Waals surface area contributed by atoms with Gasteiger partial charge in [-0.3, -0.25) is 4.79 Å². The number of nitrogens with two attached hydrogens (primary N) is 1. The quantitative estimate of drug-likeness (QED) is 0.644. The number of carbonyl (C=O) groups is 1. The minimum Gasteiger partial charge on any atom is -0.399 e. The summed E-state index contributed by atoms with van der Waals surface area (Å²) in [6.45, 7) is 1.77. The third-order valence-electron chi connectivity index (χ3n) is 2.79. The van der Waals surface area contributed by atoms with Crippen LogP contribution >= 0.6 is 15.9 Å². The van der Waals surface area contributed by atoms with Crippen molar-refractivity contribution in [1.29, 1.82) is 0 Å². The van der Waals surface area contributed by atoms with Gasteiger partial charge < -0.3 is 11.1 Å². The van der Waals surface area contributed by atoms with Crippen LogP contribution in [0.15, 0.2) is 34.8 Å². The van der Waals surface area contributed by atoms with Crippen molar-refractivity contribution in [1.82, 2.24) is 0 Å². The number of nitrogens with one attached hydrogen (secondary N) is 1. The minimum absolute atomic E-state index is 0.0719. The van der Waals surface area contributed by atoms with E-state index in [2.05, 4.69) is 21.2 Å². The molecule has 0 saturated heterocycles. The maximum atomic E-state index is 13.6. The lowest BCUT2D eigenvalue weighted by molar-refractivity contribution is 0.102. The van der Waals surface area contributed by atoms with Gasteiger partial charge >= 0.3 is 0 Å². The molecule has 0 atom stereocenters. The number of anilines is 2. The van der Waals surface area contributed by atoms with Gasteiger partial charge in [0.25, 0.3) is 5.91 Å². The lowest BCUT2D eigenvalue weighted by Gasteiger charge is -2.09. The zero-order chi connectivity index (χ0) is 14.9. The molecule has 2 rings (SSSR count). The number of hydrogen-bond donors (Lipinski definition) is 2. The van der Waals surface area contributed by atoms with E-state index in [0.29, 0.717) is 17.3 Å². The van der Waals surface area contributed by atoms with Gasteiger partial charge in [0.1, 0.15) is 11.6 Å². The van der Waals surface area contributed by atoms with Crippen molar-refractivity contribution < 1.29 is 13.6 Å². The number of aryl methyl sites for hydroxylation is 1. The Morgan fingerprint density at radius 3 is 2.55 bits per heavy atom. The maximum absolute atomic E-state index is 13.6. The van der Waals surface area contributed by atoms with Crippen molar-refractivity contribution in [3.05, 3.63) is 57.6 Å². The van der Waals surface area contributed by atoms with E-state index < -0.39 is 17.5 Å². The van der Waals surface area contributed by atoms with Gasteiger partial charge in [0.05, 0.1) is 10.2 Å². The zero-order valence-corrected chi connectivity index (χ0v) is 12.1. The smallest absolute Gasteiger partial charge is 0.255 e. The topological polar surface area (TPSA) is 55.1 Å². The first kappa shape index (κ1) is 14.5. The van der Waals surface area contributed by atoms with Crippen LogP contribution in [0.2, 0.25) is 0 Å². The van der Waals surface area contributed by atoms with Crippen LogP contribution in [0, 0.1) is 18.6 Å². The SMILES string of the molecule is Cc1cc(C(=O)Nc2cc(Br)c(F)cc2F)ccc1N. The first-order chi connectivity index (χ1) is 9.38. The number of halogens is 3. The average Bonchev–Trinajstić information content (AvgIpc) is 2.39. The standard InChI is InChI=1S/C14H11BrF2N2O/c1-7-4-8(2-3-12(7)18)14(20)19-13-5-9(15)10(16)6-11(13)17/h2-6H,18H2,1H3,(H,19,20). The average molecular weight is 341 g/mol. The van der Waals surface area contributed by atoms with Gasteiger partial charge in [0.15, 0.2) is 0 Å². The van der Waals surface area contributed by atoms with Gasteiger partial charge in [-0.1, -0.05) is 0 Å². The van der Waals surface area contributed by atoms with E-state index in [1.807, 2.05) is 0 Å². The van der Waals surface area contributed by atoms with Crippen molar-refractivity contribution in [2.45, 2.75) is 6.92 Å². The Morgan fingerprint density at radius 2 is 1.90 bits per heavy atom. The lowest BCUT2D eigenvalue weighted by atomic mass is 10.1. The number of carbonyl (C=O) groups excluding carboxylic acids is 1. The van der Waals surface area contributed by atoms with Gasteiger partial charge in [0, 0.05) is 17.3 Å². The summed E-state index contributed by atoms with van der Waals surface area (Å²) in [6, 6.07) is 6.61. The van der Waals surface area contributed by atoms with Gasteiger partial charge in [0.2, 0.25) is 0 Å². The molecular formula is C14H11BrF2N2O. The molecule has 0 spiro atoms. The zero-order valence-electron chi connectivity index (χ0n) is 10.5. The second-order valence-electron chi connectivity index (χ2n) is 4.27. The molecule has 2 aromatic carbocycles. The molecule has 1 amide bonds. The van der Waals surface area contributed by atoms with Crippen molar-refractivity contribution in [2.75, 3.05) is 11.1 Å². The fraction of sp³-hybridized carbons (Fsp3) is 0.0714. The van der Waals surface area contributed by atoms with E-state index >= 15 is 0 Å². The summed E-state index contributed by atoms with van der Waals surface area (Å²) in [5.74, 6) is -2.07. The van der Waals surface area contributed by atoms with Crippen LogP contribution in [0.3, 0.4) is 0 Å². The van der Waals surface area contributed by atoms with Crippen molar-refractivity contribution in [3.63, 3.8) is 0 Å². The Labute approximate surface area is 122 Å². The minimum atomic E-state index is -0.841. The number of amides is 1. The third-order valence-corrected chi connectivity index (χ3v) is 3.40. The van der Waals surface area contributed by atoms with Crippen molar-refractivity contribution in [2.24, 2.45) is 0 Å². The molecule has 0 heterocycles. The van der Waals surface area contributed by atoms with Gasteiger partial charge in [-0.25, -0.2) is 8.78 Å². The van der Waals surface area contributed by atoms with Crippen molar-refractivity contribution >= 4 is 33.2 Å². The Morgan fingerprint density at radius 1 is 1.20 bits per heavy atom. The van der Waals surface area contributed by atoms with Crippen LogP contribution in [0.25, 0.3) is 0 Å². The molecule has 0 aliphatic rings. The van der Waals surface area contributed by atoms with Crippen LogP contribution in [0.4, 0.5) is 20.2 Å². The Bertz CT molecular complexity index is 689. The molecule has 2 aromatic rings. The number of hydrogen-bond acceptors (Lipinski definition) is 2. The molecule has 3 nitrogen and oxygen atoms in total. The molecule has 3 N–H and O–H groups in total. The second kappa shape index (κ2) is 5.58. The predicted molar refractivity (Wildman–Crippen MR) is 77.6 cm³/mol. The predicted octanol–water partition coefficient (Wildman–Crippen LogP) is 3.87. The normalized spacial score (nSPS) is 10.4. The maximum Gasteiger partial charge on any atom is 0.255 e. The molecule has 0 aromatic heterocycles. The fourth-order valence-electron chi connectivity index (χ4n) is 1.63. The monoisotopic (exact) mass is 340 g/mol. The second-order valence-corrected chi connectivity index (χ2v) is 5.13. The molecule has 0 fully saturated rings. The highest BCUT2D eigenvalue weighted by molar-refractivity contribution is 9.10. The Balaban J connectivity index is 2.27. The van der Waals surface area contributed by atoms with Crippen LogP contribution in [-0.4, -0.2) is 5.91 Å². The molecule has 0 aliphatic carbocycles. The van der Waals surface area contributed by atoms with Gasteiger partial charge in [-0.2, -0.15) is 0 Å². The van der Waals surface area contributed by atoms with Crippen molar-refractivity contribution in [3.8, 4) is 0 Å². The molecule has 0 aliphatic heterocycles. The fourth-order valence-corrected chi connectivity index (χ4v) is 1.97. The largest absolute Gasteiger partial charge is 0.399 e. The molecule has 0 saturated carbocycles. The van der Waals surface area contributed by atoms with E-state index in [-0.39, 0.29) is 10.2 Å². The highest BCUT2D eigenvalue weighted by Gasteiger charge is 2.13. The van der Waals surface area contributed by atoms with Crippen LogP contribution in [0.1, 0.15) is 15.9 Å². The summed E-state index contributed by atoms with van der Waals surface area (Å²) >= 11 is 2.94. The summed E-state index contributed by atoms with van der Waals surface area (Å²) in [5, 5.41) is 2.39. The van der Waals surface area contributed by atoms with E-state index in [0.717, 1.165) is 5.56 Å². The summed E-state index contributed by atoms with van der Waals surface area (Å²) in [7, 11) is 0. The van der Waals surface area contributed by atoms with E-state index in [9.17, 15) is 13.6 Å². The molecular weight excluding hydrogens is 330 g/mol. The van der Waals surface area contributed by atoms with E-state index in [4.69, 9.17) is 5.73 Å². The van der Waals surface area contributed by atoms with Gasteiger partial charge in [-0.05, 0) is 52.7 Å². The summed E-state index contributed by atoms with van der Waals surface area (Å²) in [5.41, 5.74) is 7.22. The van der Waals surface area contributed by atoms with E-state index in [1.165, 1.54) is 12.1 Å². The third kappa shape index (κ3) is 2.96. The number of rotatable bonds is 2.